The van der Waals surface area contributed by atoms with Crippen LogP contribution in [0.15, 0.2) is 4.42 Å². The van der Waals surface area contributed by atoms with E-state index < -0.39 is 0 Å². The summed E-state index contributed by atoms with van der Waals surface area (Å²) in [5.74, 6) is 0.470. The number of rotatable bonds is 6. The number of hydrogen-bond donors (Lipinski definition) is 2. The maximum absolute atomic E-state index is 11.4. The van der Waals surface area contributed by atoms with Gasteiger partial charge in [-0.2, -0.15) is 0 Å². The van der Waals surface area contributed by atoms with Crippen molar-refractivity contribution in [2.45, 2.75) is 13.5 Å². The second kappa shape index (κ2) is 6.06. The highest BCUT2D eigenvalue weighted by Crippen LogP contribution is 2.04. The number of likely N-dealkylation sites (N-methyl/N-ethyl adjacent to an activating group) is 1. The molecule has 1 amide bonds. The summed E-state index contributed by atoms with van der Waals surface area (Å²) in [5, 5.41) is 13.2. The van der Waals surface area contributed by atoms with E-state index in [-0.39, 0.29) is 18.5 Å². The van der Waals surface area contributed by atoms with Crippen molar-refractivity contribution in [2.24, 2.45) is 0 Å². The number of anilines is 1. The van der Waals surface area contributed by atoms with Gasteiger partial charge in [0.15, 0.2) is 0 Å². The van der Waals surface area contributed by atoms with Crippen molar-refractivity contribution in [3.8, 4) is 0 Å². The maximum Gasteiger partial charge on any atom is 0.315 e. The molecule has 7 nitrogen and oxygen atoms in total. The molecule has 0 aliphatic heterocycles. The lowest BCUT2D eigenvalue weighted by Crippen LogP contribution is -2.31. The van der Waals surface area contributed by atoms with Crippen LogP contribution >= 0.6 is 0 Å². The molecule has 0 bridgehead atoms. The van der Waals surface area contributed by atoms with Crippen LogP contribution in [0.5, 0.6) is 0 Å². The molecule has 0 unspecified atom stereocenters. The van der Waals surface area contributed by atoms with Crippen LogP contribution in [-0.2, 0) is 11.3 Å². The molecule has 1 heterocycles. The van der Waals surface area contributed by atoms with Gasteiger partial charge in [-0.25, -0.2) is 0 Å². The summed E-state index contributed by atoms with van der Waals surface area (Å²) in [7, 11) is 3.53. The summed E-state index contributed by atoms with van der Waals surface area (Å²) in [6, 6.07) is 0.267. The fraction of sp³-hybridized carbons (Fsp3) is 0.667. The molecule has 0 spiro atoms. The second-order valence-corrected chi connectivity index (χ2v) is 3.29. The molecular formula is C9H17N5O2. The number of nitrogens with one attached hydrogen (secondary N) is 2. The summed E-state index contributed by atoms with van der Waals surface area (Å²) < 4.78 is 5.22. The molecule has 0 aromatic carbocycles. The van der Waals surface area contributed by atoms with Crippen LogP contribution in [0, 0.1) is 0 Å². The van der Waals surface area contributed by atoms with Gasteiger partial charge in [0.05, 0.1) is 13.1 Å². The largest absolute Gasteiger partial charge is 0.407 e. The van der Waals surface area contributed by atoms with E-state index in [9.17, 15) is 4.79 Å². The first-order valence-corrected chi connectivity index (χ1v) is 5.12. The Morgan fingerprint density at radius 1 is 1.50 bits per heavy atom. The van der Waals surface area contributed by atoms with Gasteiger partial charge in [-0.3, -0.25) is 4.79 Å². The van der Waals surface area contributed by atoms with Crippen molar-refractivity contribution in [1.29, 1.82) is 0 Å². The van der Waals surface area contributed by atoms with Gasteiger partial charge in [0.1, 0.15) is 0 Å². The number of amides is 1. The van der Waals surface area contributed by atoms with Gasteiger partial charge in [-0.1, -0.05) is 5.10 Å². The van der Waals surface area contributed by atoms with E-state index in [0.29, 0.717) is 19.0 Å². The predicted octanol–water partition coefficient (Wildman–Crippen LogP) is -0.321. The van der Waals surface area contributed by atoms with Gasteiger partial charge in [0, 0.05) is 13.6 Å². The zero-order valence-corrected chi connectivity index (χ0v) is 9.78. The molecule has 0 saturated carbocycles. The smallest absolute Gasteiger partial charge is 0.315 e. The number of aromatic nitrogens is 2. The van der Waals surface area contributed by atoms with Crippen LogP contribution < -0.4 is 10.6 Å². The van der Waals surface area contributed by atoms with E-state index in [2.05, 4.69) is 20.8 Å². The Kier molecular flexibility index (Phi) is 4.71. The summed E-state index contributed by atoms with van der Waals surface area (Å²) in [6.45, 7) is 3.26. The van der Waals surface area contributed by atoms with Crippen LogP contribution in [0.1, 0.15) is 12.8 Å². The molecule has 0 aliphatic rings. The third-order valence-corrected chi connectivity index (χ3v) is 2.09. The van der Waals surface area contributed by atoms with E-state index in [1.807, 2.05) is 6.92 Å². The lowest BCUT2D eigenvalue weighted by atomic mass is 10.5. The highest BCUT2D eigenvalue weighted by atomic mass is 16.4. The zero-order chi connectivity index (χ0) is 12.0. The summed E-state index contributed by atoms with van der Waals surface area (Å²) in [4.78, 5) is 13.1. The van der Waals surface area contributed by atoms with Crippen molar-refractivity contribution in [3.63, 3.8) is 0 Å². The van der Waals surface area contributed by atoms with Gasteiger partial charge in [0.25, 0.3) is 0 Å². The minimum absolute atomic E-state index is 0.0177. The van der Waals surface area contributed by atoms with Crippen molar-refractivity contribution >= 4 is 11.9 Å². The second-order valence-electron chi connectivity index (χ2n) is 3.29. The molecule has 0 saturated heterocycles. The fourth-order valence-corrected chi connectivity index (χ4v) is 1.01. The molecule has 0 fully saturated rings. The molecule has 1 aromatic rings. The third kappa shape index (κ3) is 3.50. The minimum atomic E-state index is -0.0177. The van der Waals surface area contributed by atoms with Crippen molar-refractivity contribution in [2.75, 3.05) is 32.5 Å². The Morgan fingerprint density at radius 2 is 2.25 bits per heavy atom. The minimum Gasteiger partial charge on any atom is -0.407 e. The standard InChI is InChI=1S/C9H17N5O2/c1-4-14(3)8(15)6-11-9-13-12-7(16-9)5-10-2/h10H,4-6H2,1-3H3,(H,11,13). The number of carbonyl (C=O) groups is 1. The van der Waals surface area contributed by atoms with E-state index in [1.54, 1.807) is 19.0 Å². The lowest BCUT2D eigenvalue weighted by Gasteiger charge is -2.13. The molecule has 0 radical (unpaired) electrons. The highest BCUT2D eigenvalue weighted by molar-refractivity contribution is 5.79. The molecule has 0 atom stereocenters. The first-order chi connectivity index (χ1) is 7.67. The van der Waals surface area contributed by atoms with Gasteiger partial charge in [0.2, 0.25) is 11.8 Å². The first kappa shape index (κ1) is 12.4. The average molecular weight is 227 g/mol. The van der Waals surface area contributed by atoms with E-state index in [1.165, 1.54) is 0 Å². The summed E-state index contributed by atoms with van der Waals surface area (Å²) >= 11 is 0. The molecule has 2 N–H and O–H groups in total. The van der Waals surface area contributed by atoms with Crippen molar-refractivity contribution < 1.29 is 9.21 Å². The predicted molar refractivity (Wildman–Crippen MR) is 58.9 cm³/mol. The van der Waals surface area contributed by atoms with Crippen LogP contribution in [0.4, 0.5) is 6.01 Å². The van der Waals surface area contributed by atoms with E-state index in [4.69, 9.17) is 4.42 Å². The van der Waals surface area contributed by atoms with Crippen LogP contribution in [0.3, 0.4) is 0 Å². The van der Waals surface area contributed by atoms with Crippen molar-refractivity contribution in [1.82, 2.24) is 20.4 Å². The van der Waals surface area contributed by atoms with Crippen LogP contribution in [0.25, 0.3) is 0 Å². The first-order valence-electron chi connectivity index (χ1n) is 5.12. The molecule has 90 valence electrons. The summed E-state index contributed by atoms with van der Waals surface area (Å²) in [6.07, 6.45) is 0. The Hall–Kier alpha value is -1.63. The molecule has 0 aliphatic carbocycles. The highest BCUT2D eigenvalue weighted by Gasteiger charge is 2.09. The van der Waals surface area contributed by atoms with Gasteiger partial charge < -0.3 is 20.0 Å². The number of carbonyl (C=O) groups excluding carboxylic acids is 1. The molecular weight excluding hydrogens is 210 g/mol. The molecule has 16 heavy (non-hydrogen) atoms. The number of hydrogen-bond acceptors (Lipinski definition) is 6. The Bertz CT molecular complexity index is 338. The summed E-state index contributed by atoms with van der Waals surface area (Å²) in [5.41, 5.74) is 0. The fourth-order valence-electron chi connectivity index (χ4n) is 1.01. The normalized spacial score (nSPS) is 10.2. The lowest BCUT2D eigenvalue weighted by molar-refractivity contribution is -0.127. The van der Waals surface area contributed by atoms with Crippen molar-refractivity contribution in [3.05, 3.63) is 5.89 Å². The third-order valence-electron chi connectivity index (χ3n) is 2.09. The monoisotopic (exact) mass is 227 g/mol. The molecule has 1 aromatic heterocycles. The van der Waals surface area contributed by atoms with Gasteiger partial charge >= 0.3 is 6.01 Å². The topological polar surface area (TPSA) is 83.3 Å². The average Bonchev–Trinajstić information content (AvgIpc) is 2.73. The number of nitrogens with zero attached hydrogens (tertiary/aromatic N) is 3. The van der Waals surface area contributed by atoms with Crippen LogP contribution in [0.2, 0.25) is 0 Å². The quantitative estimate of drug-likeness (QED) is 0.693. The van der Waals surface area contributed by atoms with E-state index in [0.717, 1.165) is 0 Å². The van der Waals surface area contributed by atoms with Gasteiger partial charge in [-0.15, -0.1) is 5.10 Å². The Balaban J connectivity index is 2.39. The van der Waals surface area contributed by atoms with E-state index >= 15 is 0 Å². The SMILES string of the molecule is CCN(C)C(=O)CNc1nnc(CNC)o1. The Labute approximate surface area is 94.2 Å². The van der Waals surface area contributed by atoms with Gasteiger partial charge in [-0.05, 0) is 14.0 Å². The molecule has 7 heteroatoms. The Morgan fingerprint density at radius 3 is 2.88 bits per heavy atom. The zero-order valence-electron chi connectivity index (χ0n) is 9.78. The molecule has 1 rings (SSSR count). The van der Waals surface area contributed by atoms with Crippen LogP contribution in [-0.4, -0.2) is 48.2 Å². The maximum atomic E-state index is 11.4.